The lowest BCUT2D eigenvalue weighted by atomic mass is 10.2. The lowest BCUT2D eigenvalue weighted by molar-refractivity contribution is 0.201. The van der Waals surface area contributed by atoms with Gasteiger partial charge in [-0.1, -0.05) is 6.07 Å². The van der Waals surface area contributed by atoms with Crippen molar-refractivity contribution in [1.29, 1.82) is 0 Å². The number of nitrogen functional groups attached to an aromatic ring is 1. The van der Waals surface area contributed by atoms with Crippen molar-refractivity contribution in [3.8, 4) is 0 Å². The van der Waals surface area contributed by atoms with Gasteiger partial charge in [0.2, 0.25) is 0 Å². The first kappa shape index (κ1) is 12.3. The van der Waals surface area contributed by atoms with Gasteiger partial charge in [-0.05, 0) is 44.7 Å². The SMILES string of the molecule is CC(C)N(Cc1cccc(NN)n1)CC1CC1. The van der Waals surface area contributed by atoms with E-state index in [0.717, 1.165) is 24.0 Å². The largest absolute Gasteiger partial charge is 0.308 e. The van der Waals surface area contributed by atoms with Crippen LogP contribution in [0.3, 0.4) is 0 Å². The van der Waals surface area contributed by atoms with Crippen LogP contribution in [0.4, 0.5) is 5.82 Å². The van der Waals surface area contributed by atoms with E-state index >= 15 is 0 Å². The summed E-state index contributed by atoms with van der Waals surface area (Å²) >= 11 is 0. The quantitative estimate of drug-likeness (QED) is 0.584. The molecule has 0 spiro atoms. The molecule has 1 aliphatic rings. The second-order valence-corrected chi connectivity index (χ2v) is 5.13. The molecule has 4 nitrogen and oxygen atoms in total. The Morgan fingerprint density at radius 2 is 2.24 bits per heavy atom. The standard InChI is InChI=1S/C13H22N4/c1-10(2)17(8-11-6-7-11)9-12-4-3-5-13(15-12)16-14/h3-5,10-11H,6-9,14H2,1-2H3,(H,15,16). The number of pyridine rings is 1. The summed E-state index contributed by atoms with van der Waals surface area (Å²) in [5.41, 5.74) is 3.67. The van der Waals surface area contributed by atoms with Gasteiger partial charge in [-0.15, -0.1) is 0 Å². The van der Waals surface area contributed by atoms with Gasteiger partial charge in [0, 0.05) is 19.1 Å². The summed E-state index contributed by atoms with van der Waals surface area (Å²) in [6, 6.07) is 6.49. The predicted octanol–water partition coefficient (Wildman–Crippen LogP) is 1.99. The van der Waals surface area contributed by atoms with Gasteiger partial charge in [-0.3, -0.25) is 4.90 Å². The summed E-state index contributed by atoms with van der Waals surface area (Å²) < 4.78 is 0. The maximum absolute atomic E-state index is 5.37. The molecule has 94 valence electrons. The van der Waals surface area contributed by atoms with Crippen molar-refractivity contribution in [1.82, 2.24) is 9.88 Å². The number of nitrogens with two attached hydrogens (primary N) is 1. The average Bonchev–Trinajstić information content (AvgIpc) is 3.12. The Morgan fingerprint density at radius 3 is 2.82 bits per heavy atom. The van der Waals surface area contributed by atoms with Gasteiger partial charge < -0.3 is 5.43 Å². The Morgan fingerprint density at radius 1 is 1.47 bits per heavy atom. The van der Waals surface area contributed by atoms with E-state index in [9.17, 15) is 0 Å². The number of rotatable bonds is 6. The third kappa shape index (κ3) is 3.68. The molecule has 0 aliphatic heterocycles. The van der Waals surface area contributed by atoms with E-state index in [0.29, 0.717) is 6.04 Å². The smallest absolute Gasteiger partial charge is 0.140 e. The van der Waals surface area contributed by atoms with Crippen LogP contribution >= 0.6 is 0 Å². The molecular formula is C13H22N4. The topological polar surface area (TPSA) is 54.2 Å². The number of anilines is 1. The molecule has 0 unspecified atom stereocenters. The van der Waals surface area contributed by atoms with E-state index in [-0.39, 0.29) is 0 Å². The Kier molecular flexibility index (Phi) is 3.97. The van der Waals surface area contributed by atoms with Crippen LogP contribution in [0, 0.1) is 5.92 Å². The van der Waals surface area contributed by atoms with Crippen LogP contribution in [-0.2, 0) is 6.54 Å². The first-order chi connectivity index (χ1) is 8.19. The molecule has 1 saturated carbocycles. The molecule has 0 atom stereocenters. The van der Waals surface area contributed by atoms with Gasteiger partial charge in [0.15, 0.2) is 0 Å². The Hall–Kier alpha value is -1.13. The zero-order chi connectivity index (χ0) is 12.3. The molecule has 0 saturated heterocycles. The summed E-state index contributed by atoms with van der Waals surface area (Å²) in [5.74, 6) is 7.02. The fourth-order valence-electron chi connectivity index (χ4n) is 1.95. The van der Waals surface area contributed by atoms with Gasteiger partial charge in [0.25, 0.3) is 0 Å². The zero-order valence-corrected chi connectivity index (χ0v) is 10.7. The molecular weight excluding hydrogens is 212 g/mol. The van der Waals surface area contributed by atoms with Crippen molar-refractivity contribution in [3.63, 3.8) is 0 Å². The van der Waals surface area contributed by atoms with Crippen molar-refractivity contribution in [3.05, 3.63) is 23.9 Å². The van der Waals surface area contributed by atoms with Crippen molar-refractivity contribution in [2.24, 2.45) is 11.8 Å². The van der Waals surface area contributed by atoms with Crippen LogP contribution in [0.5, 0.6) is 0 Å². The normalized spacial score (nSPS) is 15.6. The molecule has 17 heavy (non-hydrogen) atoms. The van der Waals surface area contributed by atoms with Gasteiger partial charge in [-0.2, -0.15) is 0 Å². The minimum Gasteiger partial charge on any atom is -0.308 e. The zero-order valence-electron chi connectivity index (χ0n) is 10.7. The molecule has 1 aliphatic carbocycles. The van der Waals surface area contributed by atoms with Gasteiger partial charge >= 0.3 is 0 Å². The second-order valence-electron chi connectivity index (χ2n) is 5.13. The van der Waals surface area contributed by atoms with Crippen LogP contribution in [0.1, 0.15) is 32.4 Å². The third-order valence-corrected chi connectivity index (χ3v) is 3.24. The van der Waals surface area contributed by atoms with Gasteiger partial charge in [0.1, 0.15) is 5.82 Å². The molecule has 2 rings (SSSR count). The van der Waals surface area contributed by atoms with Crippen LogP contribution in [-0.4, -0.2) is 22.5 Å². The third-order valence-electron chi connectivity index (χ3n) is 3.24. The monoisotopic (exact) mass is 234 g/mol. The summed E-state index contributed by atoms with van der Waals surface area (Å²) in [6.45, 7) is 6.59. The van der Waals surface area contributed by atoms with Gasteiger partial charge in [0.05, 0.1) is 5.69 Å². The summed E-state index contributed by atoms with van der Waals surface area (Å²) in [7, 11) is 0. The van der Waals surface area contributed by atoms with E-state index in [1.807, 2.05) is 12.1 Å². The maximum Gasteiger partial charge on any atom is 0.140 e. The van der Waals surface area contributed by atoms with Crippen molar-refractivity contribution in [2.75, 3.05) is 12.0 Å². The van der Waals surface area contributed by atoms with E-state index in [4.69, 9.17) is 5.84 Å². The summed E-state index contributed by atoms with van der Waals surface area (Å²) in [4.78, 5) is 6.95. The maximum atomic E-state index is 5.37. The van der Waals surface area contributed by atoms with E-state index < -0.39 is 0 Å². The lowest BCUT2D eigenvalue weighted by Crippen LogP contribution is -2.32. The number of hydrogen-bond acceptors (Lipinski definition) is 4. The predicted molar refractivity (Wildman–Crippen MR) is 70.3 cm³/mol. The van der Waals surface area contributed by atoms with Crippen LogP contribution in [0.25, 0.3) is 0 Å². The van der Waals surface area contributed by atoms with Crippen LogP contribution in [0.2, 0.25) is 0 Å². The molecule has 0 bridgehead atoms. The summed E-state index contributed by atoms with van der Waals surface area (Å²) in [5, 5.41) is 0. The Balaban J connectivity index is 1.99. The van der Waals surface area contributed by atoms with Crippen LogP contribution < -0.4 is 11.3 Å². The second kappa shape index (κ2) is 5.47. The minimum absolute atomic E-state index is 0.562. The van der Waals surface area contributed by atoms with Crippen LogP contribution in [0.15, 0.2) is 18.2 Å². The van der Waals surface area contributed by atoms with E-state index in [2.05, 4.69) is 35.2 Å². The molecule has 0 aromatic carbocycles. The molecule has 0 radical (unpaired) electrons. The summed E-state index contributed by atoms with van der Waals surface area (Å²) in [6.07, 6.45) is 2.78. The highest BCUT2D eigenvalue weighted by Crippen LogP contribution is 2.30. The number of hydrogen-bond donors (Lipinski definition) is 2. The van der Waals surface area contributed by atoms with Crippen molar-refractivity contribution >= 4 is 5.82 Å². The van der Waals surface area contributed by atoms with Crippen molar-refractivity contribution in [2.45, 2.75) is 39.3 Å². The van der Waals surface area contributed by atoms with Crippen molar-refractivity contribution < 1.29 is 0 Å². The van der Waals surface area contributed by atoms with E-state index in [1.54, 1.807) is 0 Å². The molecule has 4 heteroatoms. The Bertz CT molecular complexity index is 360. The average molecular weight is 234 g/mol. The number of hydrazine groups is 1. The fraction of sp³-hybridized carbons (Fsp3) is 0.615. The van der Waals surface area contributed by atoms with E-state index in [1.165, 1.54) is 19.4 Å². The molecule has 1 aromatic rings. The number of nitrogens with one attached hydrogen (secondary N) is 1. The molecule has 1 fully saturated rings. The highest BCUT2D eigenvalue weighted by Gasteiger charge is 2.25. The fourth-order valence-corrected chi connectivity index (χ4v) is 1.95. The molecule has 1 aromatic heterocycles. The first-order valence-corrected chi connectivity index (χ1v) is 6.35. The highest BCUT2D eigenvalue weighted by molar-refractivity contribution is 5.33. The Labute approximate surface area is 103 Å². The molecule has 0 amide bonds. The molecule has 1 heterocycles. The minimum atomic E-state index is 0.562. The lowest BCUT2D eigenvalue weighted by Gasteiger charge is -2.26. The number of nitrogens with zero attached hydrogens (tertiary/aromatic N) is 2. The highest BCUT2D eigenvalue weighted by atomic mass is 15.3. The number of aromatic nitrogens is 1. The van der Waals surface area contributed by atoms with Gasteiger partial charge in [-0.25, -0.2) is 10.8 Å². The first-order valence-electron chi connectivity index (χ1n) is 6.35. The molecule has 3 N–H and O–H groups in total.